The number of aryl methyl sites for hydroxylation is 1. The second-order valence-electron chi connectivity index (χ2n) is 14.8. The lowest BCUT2D eigenvalue weighted by Gasteiger charge is -2.54. The molecule has 3 saturated carbocycles. The number of nitrogens with zero attached hydrogens (tertiary/aromatic N) is 4. The molecule has 4 fully saturated rings. The summed E-state index contributed by atoms with van der Waals surface area (Å²) < 4.78 is 11.3. The van der Waals surface area contributed by atoms with Crippen LogP contribution < -0.4 is 25.6 Å². The Hall–Kier alpha value is -4.16. The molecule has 1 spiro atoms. The van der Waals surface area contributed by atoms with Crippen LogP contribution in [0.1, 0.15) is 77.9 Å². The quantitative estimate of drug-likeness (QED) is 0.239. The van der Waals surface area contributed by atoms with E-state index in [0.29, 0.717) is 74.3 Å². The summed E-state index contributed by atoms with van der Waals surface area (Å²) in [6, 6.07) is 9.85. The summed E-state index contributed by atoms with van der Waals surface area (Å²) in [5, 5.41) is 21.2. The van der Waals surface area contributed by atoms with E-state index in [0.717, 1.165) is 54.1 Å². The number of ether oxygens (including phenoxy) is 1. The van der Waals surface area contributed by atoms with Gasteiger partial charge in [-0.2, -0.15) is 0 Å². The Balaban J connectivity index is 0.886. The molecule has 4 heterocycles. The Morgan fingerprint density at radius 3 is 2.65 bits per heavy atom. The number of aliphatic hydroxyl groups is 1. The fraction of sp³-hybridized carbons (Fsp3) is 0.568. The Kier molecular flexibility index (Phi) is 8.69. The van der Waals surface area contributed by atoms with Gasteiger partial charge in [-0.25, -0.2) is 9.97 Å². The topological polar surface area (TPSA) is 145 Å². The van der Waals surface area contributed by atoms with Gasteiger partial charge in [0.1, 0.15) is 24.0 Å². The summed E-state index contributed by atoms with van der Waals surface area (Å²) in [5.41, 5.74) is 4.12. The number of amides is 2. The minimum Gasteiger partial charge on any atom is -0.486 e. The highest BCUT2D eigenvalue weighted by Gasteiger charge is 2.48. The molecule has 260 valence electrons. The van der Waals surface area contributed by atoms with Gasteiger partial charge in [0.05, 0.1) is 11.8 Å². The molecule has 2 aromatic heterocycles. The van der Waals surface area contributed by atoms with E-state index in [2.05, 4.69) is 25.8 Å². The largest absolute Gasteiger partial charge is 0.486 e. The predicted octanol–water partition coefficient (Wildman–Crippen LogP) is 3.57. The lowest BCUT2D eigenvalue weighted by molar-refractivity contribution is -0.132. The van der Waals surface area contributed by atoms with Crippen molar-refractivity contribution in [3.63, 3.8) is 0 Å². The van der Waals surface area contributed by atoms with Crippen LogP contribution in [-0.2, 0) is 24.4 Å². The van der Waals surface area contributed by atoms with Crippen molar-refractivity contribution in [2.45, 2.75) is 89.6 Å². The summed E-state index contributed by atoms with van der Waals surface area (Å²) in [6.07, 6.45) is 9.59. The number of fused-ring (bicyclic) bond motifs is 1. The first kappa shape index (κ1) is 32.1. The van der Waals surface area contributed by atoms with Gasteiger partial charge in [-0.1, -0.05) is 12.5 Å². The standard InChI is InChI=1S/C37H47N7O5/c1-23-32(49-22-40-23)21-48-29-6-5-25-14-30(38-19-27(25)13-29)31(45)20-39-35(46)26-15-33(41-28-17-37(18-28)7-2-8-37)42-34(16-26)43-9-11-44(12-10-43)36(47)24-3-4-24/h5-6,13,15-16,22,24,28,30-31,38,45H,2-4,7-12,14,17-21H2,1H3,(H,39,46)(H,41,42)/t30-,31+/m0/s1. The molecule has 12 nitrogen and oxygen atoms in total. The average Bonchev–Trinajstić information content (AvgIpc) is 3.86. The molecule has 2 aliphatic heterocycles. The van der Waals surface area contributed by atoms with Gasteiger partial charge in [0.15, 0.2) is 12.2 Å². The molecule has 8 rings (SSSR count). The minimum absolute atomic E-state index is 0.122. The zero-order chi connectivity index (χ0) is 33.5. The molecule has 12 heteroatoms. The number of nitrogens with one attached hydrogen (secondary N) is 3. The average molecular weight is 670 g/mol. The van der Waals surface area contributed by atoms with E-state index < -0.39 is 6.10 Å². The third kappa shape index (κ3) is 6.98. The third-order valence-corrected chi connectivity index (χ3v) is 11.4. The van der Waals surface area contributed by atoms with Gasteiger partial charge in [0, 0.05) is 62.8 Å². The van der Waals surface area contributed by atoms with Crippen molar-refractivity contribution in [1.82, 2.24) is 25.5 Å². The molecule has 1 aromatic carbocycles. The van der Waals surface area contributed by atoms with Crippen molar-refractivity contribution in [2.75, 3.05) is 42.9 Å². The Morgan fingerprint density at radius 1 is 1.12 bits per heavy atom. The third-order valence-electron chi connectivity index (χ3n) is 11.4. The number of aromatic nitrogens is 2. The number of carbonyl (C=O) groups excluding carboxylic acids is 2. The van der Waals surface area contributed by atoms with Crippen LogP contribution in [-0.4, -0.2) is 82.7 Å². The molecule has 5 aliphatic rings. The second kappa shape index (κ2) is 13.3. The fourth-order valence-electron chi connectivity index (χ4n) is 7.94. The number of aliphatic hydroxyl groups excluding tert-OH is 1. The zero-order valence-electron chi connectivity index (χ0n) is 28.2. The first-order valence-electron chi connectivity index (χ1n) is 18.0. The van der Waals surface area contributed by atoms with Crippen molar-refractivity contribution in [3.8, 4) is 5.75 Å². The predicted molar refractivity (Wildman–Crippen MR) is 183 cm³/mol. The fourth-order valence-corrected chi connectivity index (χ4v) is 7.94. The highest BCUT2D eigenvalue weighted by molar-refractivity contribution is 5.95. The highest BCUT2D eigenvalue weighted by Crippen LogP contribution is 2.56. The Morgan fingerprint density at radius 2 is 1.94 bits per heavy atom. The van der Waals surface area contributed by atoms with Crippen LogP contribution in [0.3, 0.4) is 0 Å². The Bertz CT molecular complexity index is 1690. The molecule has 2 atom stereocenters. The first-order chi connectivity index (χ1) is 23.8. The summed E-state index contributed by atoms with van der Waals surface area (Å²) in [4.78, 5) is 39.4. The van der Waals surface area contributed by atoms with Crippen LogP contribution in [0.5, 0.6) is 5.75 Å². The van der Waals surface area contributed by atoms with Crippen molar-refractivity contribution in [1.29, 1.82) is 0 Å². The maximum Gasteiger partial charge on any atom is 0.251 e. The molecular weight excluding hydrogens is 622 g/mol. The molecule has 0 unspecified atom stereocenters. The zero-order valence-corrected chi connectivity index (χ0v) is 28.2. The number of benzene rings is 1. The van der Waals surface area contributed by atoms with E-state index in [-0.39, 0.29) is 30.3 Å². The van der Waals surface area contributed by atoms with Gasteiger partial charge in [-0.05, 0) is 92.7 Å². The van der Waals surface area contributed by atoms with Gasteiger partial charge in [-0.15, -0.1) is 0 Å². The van der Waals surface area contributed by atoms with E-state index in [4.69, 9.17) is 14.1 Å². The molecule has 2 amide bonds. The van der Waals surface area contributed by atoms with E-state index in [1.807, 2.05) is 42.2 Å². The van der Waals surface area contributed by atoms with E-state index in [1.54, 1.807) is 0 Å². The van der Waals surface area contributed by atoms with Gasteiger partial charge in [0.2, 0.25) is 5.91 Å². The lowest BCUT2D eigenvalue weighted by Crippen LogP contribution is -2.50. The molecule has 0 radical (unpaired) electrons. The van der Waals surface area contributed by atoms with Crippen molar-refractivity contribution in [2.24, 2.45) is 11.3 Å². The summed E-state index contributed by atoms with van der Waals surface area (Å²) in [5.74, 6) is 3.17. The number of piperazine rings is 1. The number of rotatable bonds is 11. The minimum atomic E-state index is -0.771. The molecule has 3 aromatic rings. The van der Waals surface area contributed by atoms with Gasteiger partial charge >= 0.3 is 0 Å². The number of carbonyl (C=O) groups is 2. The van der Waals surface area contributed by atoms with Gasteiger partial charge < -0.3 is 40.0 Å². The van der Waals surface area contributed by atoms with Crippen molar-refractivity contribution >= 4 is 23.5 Å². The van der Waals surface area contributed by atoms with Gasteiger partial charge in [-0.3, -0.25) is 9.59 Å². The van der Waals surface area contributed by atoms with E-state index >= 15 is 0 Å². The van der Waals surface area contributed by atoms with Crippen LogP contribution in [0.15, 0.2) is 41.1 Å². The smallest absolute Gasteiger partial charge is 0.251 e. The Labute approximate surface area is 287 Å². The maximum atomic E-state index is 13.6. The van der Waals surface area contributed by atoms with Crippen LogP contribution >= 0.6 is 0 Å². The summed E-state index contributed by atoms with van der Waals surface area (Å²) in [7, 11) is 0. The van der Waals surface area contributed by atoms with Crippen LogP contribution in [0.2, 0.25) is 0 Å². The molecule has 49 heavy (non-hydrogen) atoms. The highest BCUT2D eigenvalue weighted by atomic mass is 16.5. The molecule has 3 aliphatic carbocycles. The SMILES string of the molecule is Cc1ncoc1COc1ccc2c(c1)CN[C@H]([C@H](O)CNC(=O)c1cc(NC3CC4(CCC4)C3)nc(N3CCN(C(=O)C4CC4)CC3)c1)C2. The van der Waals surface area contributed by atoms with Crippen LogP contribution in [0.4, 0.5) is 11.6 Å². The number of hydrogen-bond donors (Lipinski definition) is 4. The summed E-state index contributed by atoms with van der Waals surface area (Å²) >= 11 is 0. The van der Waals surface area contributed by atoms with Gasteiger partial charge in [0.25, 0.3) is 5.91 Å². The monoisotopic (exact) mass is 669 g/mol. The second-order valence-corrected chi connectivity index (χ2v) is 14.8. The molecule has 1 saturated heterocycles. The summed E-state index contributed by atoms with van der Waals surface area (Å²) in [6.45, 7) is 5.62. The molecule has 4 N–H and O–H groups in total. The molecular formula is C37H47N7O5. The lowest BCUT2D eigenvalue weighted by atomic mass is 9.54. The van der Waals surface area contributed by atoms with Crippen molar-refractivity contribution in [3.05, 3.63) is 64.9 Å². The van der Waals surface area contributed by atoms with E-state index in [9.17, 15) is 14.7 Å². The normalized spacial score (nSPS) is 22.1. The van der Waals surface area contributed by atoms with Crippen LogP contribution in [0.25, 0.3) is 0 Å². The first-order valence-corrected chi connectivity index (χ1v) is 18.0. The number of oxazole rings is 1. The maximum absolute atomic E-state index is 13.6. The number of pyridine rings is 1. The van der Waals surface area contributed by atoms with Crippen molar-refractivity contribution < 1.29 is 23.8 Å². The number of anilines is 2. The van der Waals surface area contributed by atoms with Crippen LogP contribution in [0, 0.1) is 18.3 Å². The molecule has 0 bridgehead atoms. The van der Waals surface area contributed by atoms with E-state index in [1.165, 1.54) is 25.7 Å². The number of hydrogen-bond acceptors (Lipinski definition) is 10.